The fourth-order valence-electron chi connectivity index (χ4n) is 3.60. The summed E-state index contributed by atoms with van der Waals surface area (Å²) in [5, 5.41) is 7.42. The molecule has 0 fully saturated rings. The zero-order valence-electron chi connectivity index (χ0n) is 18.3. The first kappa shape index (κ1) is 21.2. The molecule has 2 aromatic heterocycles. The van der Waals surface area contributed by atoms with Gasteiger partial charge in [-0.1, -0.05) is 18.2 Å². The molecule has 4 rings (SSSR count). The molecule has 32 heavy (non-hydrogen) atoms. The third-order valence-corrected chi connectivity index (χ3v) is 5.32. The number of nitrogens with zero attached hydrogens (tertiary/aromatic N) is 1. The molecule has 8 nitrogen and oxygen atoms in total. The Balaban J connectivity index is 1.53. The molecule has 164 valence electrons. The minimum Gasteiger partial charge on any atom is -0.497 e. The van der Waals surface area contributed by atoms with Crippen molar-refractivity contribution in [3.8, 4) is 11.5 Å². The largest absolute Gasteiger partial charge is 0.497 e. The monoisotopic (exact) mass is 432 g/mol. The fourth-order valence-corrected chi connectivity index (χ4v) is 3.60. The van der Waals surface area contributed by atoms with Gasteiger partial charge in [0, 0.05) is 22.4 Å². The van der Waals surface area contributed by atoms with Crippen molar-refractivity contribution < 1.29 is 19.1 Å². The van der Waals surface area contributed by atoms with E-state index in [-0.39, 0.29) is 11.6 Å². The summed E-state index contributed by atoms with van der Waals surface area (Å²) in [7, 11) is 3.05. The highest BCUT2D eigenvalue weighted by molar-refractivity contribution is 6.10. The van der Waals surface area contributed by atoms with E-state index in [0.29, 0.717) is 22.9 Å². The van der Waals surface area contributed by atoms with E-state index < -0.39 is 11.9 Å². The number of aromatic nitrogens is 2. The van der Waals surface area contributed by atoms with Gasteiger partial charge in [-0.3, -0.25) is 9.59 Å². The van der Waals surface area contributed by atoms with Gasteiger partial charge >= 0.3 is 0 Å². The number of rotatable bonds is 6. The number of nitrogens with one attached hydrogen (secondary N) is 3. The standard InChI is InChI=1S/C24H24N4O4/c1-13-22-17(16-7-5-6-8-18(16)27-22)12-20(25-13)24(30)26-14(2)23(29)28-19-10-9-15(31-3)11-21(19)32-4/h5-12,14,27H,1-4H3,(H,26,30)(H,28,29). The number of ether oxygens (including phenoxy) is 2. The van der Waals surface area contributed by atoms with Crippen LogP contribution in [0.25, 0.3) is 21.8 Å². The van der Waals surface area contributed by atoms with E-state index in [1.165, 1.54) is 7.11 Å². The second-order valence-corrected chi connectivity index (χ2v) is 7.44. The van der Waals surface area contributed by atoms with Crippen LogP contribution in [-0.2, 0) is 4.79 Å². The van der Waals surface area contributed by atoms with Crippen LogP contribution < -0.4 is 20.1 Å². The molecule has 0 saturated carbocycles. The van der Waals surface area contributed by atoms with Gasteiger partial charge in [-0.25, -0.2) is 4.98 Å². The van der Waals surface area contributed by atoms with Crippen LogP contribution in [0.3, 0.4) is 0 Å². The first-order chi connectivity index (χ1) is 15.4. The van der Waals surface area contributed by atoms with Gasteiger partial charge in [0.2, 0.25) is 5.91 Å². The quantitative estimate of drug-likeness (QED) is 0.430. The third kappa shape index (κ3) is 3.94. The van der Waals surface area contributed by atoms with Gasteiger partial charge in [-0.2, -0.15) is 0 Å². The number of hydrogen-bond acceptors (Lipinski definition) is 5. The van der Waals surface area contributed by atoms with E-state index in [1.54, 1.807) is 38.3 Å². The van der Waals surface area contributed by atoms with E-state index in [9.17, 15) is 9.59 Å². The highest BCUT2D eigenvalue weighted by atomic mass is 16.5. The predicted octanol–water partition coefficient (Wildman–Crippen LogP) is 3.80. The molecular formula is C24H24N4O4. The number of aromatic amines is 1. The zero-order valence-corrected chi connectivity index (χ0v) is 18.3. The van der Waals surface area contributed by atoms with Gasteiger partial charge in [-0.15, -0.1) is 0 Å². The van der Waals surface area contributed by atoms with E-state index >= 15 is 0 Å². The maximum absolute atomic E-state index is 12.9. The summed E-state index contributed by atoms with van der Waals surface area (Å²) in [5.41, 5.74) is 3.31. The molecule has 8 heteroatoms. The van der Waals surface area contributed by atoms with Gasteiger partial charge in [0.05, 0.1) is 31.1 Å². The molecule has 4 aromatic rings. The highest BCUT2D eigenvalue weighted by Gasteiger charge is 2.20. The number of anilines is 1. The zero-order chi connectivity index (χ0) is 22.8. The molecule has 0 aliphatic carbocycles. The summed E-state index contributed by atoms with van der Waals surface area (Å²) in [6.45, 7) is 3.46. The number of amides is 2. The fraction of sp³-hybridized carbons (Fsp3) is 0.208. The Kier molecular flexibility index (Phi) is 5.68. The molecule has 3 N–H and O–H groups in total. The lowest BCUT2D eigenvalue weighted by Crippen LogP contribution is -2.42. The van der Waals surface area contributed by atoms with Crippen LogP contribution >= 0.6 is 0 Å². The topological polar surface area (TPSA) is 105 Å². The SMILES string of the molecule is COc1ccc(NC(=O)C(C)NC(=O)c2cc3c([nH]c4ccccc43)c(C)n2)c(OC)c1. The third-order valence-electron chi connectivity index (χ3n) is 5.32. The number of carbonyl (C=O) groups excluding carboxylic acids is 2. The lowest BCUT2D eigenvalue weighted by Gasteiger charge is -2.16. The number of methoxy groups -OCH3 is 2. The van der Waals surface area contributed by atoms with Crippen LogP contribution in [-0.4, -0.2) is 42.0 Å². The van der Waals surface area contributed by atoms with Crippen molar-refractivity contribution in [3.63, 3.8) is 0 Å². The maximum atomic E-state index is 12.9. The lowest BCUT2D eigenvalue weighted by atomic mass is 10.1. The Morgan fingerprint density at radius 3 is 2.56 bits per heavy atom. The first-order valence-electron chi connectivity index (χ1n) is 10.1. The Bertz CT molecular complexity index is 1330. The van der Waals surface area contributed by atoms with Crippen molar-refractivity contribution in [2.45, 2.75) is 19.9 Å². The summed E-state index contributed by atoms with van der Waals surface area (Å²) >= 11 is 0. The molecule has 0 saturated heterocycles. The summed E-state index contributed by atoms with van der Waals surface area (Å²) in [4.78, 5) is 33.3. The Morgan fingerprint density at radius 2 is 1.81 bits per heavy atom. The van der Waals surface area contributed by atoms with Crippen molar-refractivity contribution >= 4 is 39.3 Å². The number of benzene rings is 2. The second-order valence-electron chi connectivity index (χ2n) is 7.44. The van der Waals surface area contributed by atoms with Gasteiger partial charge in [0.25, 0.3) is 5.91 Å². The normalized spacial score (nSPS) is 11.9. The highest BCUT2D eigenvalue weighted by Crippen LogP contribution is 2.29. The average molecular weight is 432 g/mol. The second kappa shape index (κ2) is 8.58. The van der Waals surface area contributed by atoms with Crippen LogP contribution in [0.1, 0.15) is 23.1 Å². The number of aryl methyl sites for hydroxylation is 1. The van der Waals surface area contributed by atoms with Crippen molar-refractivity contribution in [2.24, 2.45) is 0 Å². The van der Waals surface area contributed by atoms with Crippen molar-refractivity contribution in [2.75, 3.05) is 19.5 Å². The van der Waals surface area contributed by atoms with Crippen LogP contribution in [0.15, 0.2) is 48.5 Å². The minimum atomic E-state index is -0.796. The molecule has 0 spiro atoms. The van der Waals surface area contributed by atoms with Gasteiger partial charge in [-0.05, 0) is 38.1 Å². The van der Waals surface area contributed by atoms with Gasteiger partial charge in [0.15, 0.2) is 0 Å². The Morgan fingerprint density at radius 1 is 1.03 bits per heavy atom. The molecule has 0 aliphatic rings. The molecule has 0 aliphatic heterocycles. The lowest BCUT2D eigenvalue weighted by molar-refractivity contribution is -0.117. The molecule has 1 unspecified atom stereocenters. The summed E-state index contributed by atoms with van der Waals surface area (Å²) in [6, 6.07) is 13.9. The smallest absolute Gasteiger partial charge is 0.270 e. The molecule has 0 radical (unpaired) electrons. The van der Waals surface area contributed by atoms with Gasteiger partial charge in [0.1, 0.15) is 23.2 Å². The van der Waals surface area contributed by atoms with E-state index in [1.807, 2.05) is 31.2 Å². The Labute approximate surface area is 184 Å². The molecule has 2 aromatic carbocycles. The first-order valence-corrected chi connectivity index (χ1v) is 10.1. The molecule has 0 bridgehead atoms. The van der Waals surface area contributed by atoms with Crippen LogP contribution in [0, 0.1) is 6.92 Å². The minimum absolute atomic E-state index is 0.251. The summed E-state index contributed by atoms with van der Waals surface area (Å²) in [5.74, 6) is 0.255. The average Bonchev–Trinajstić information content (AvgIpc) is 3.18. The molecule has 1 atom stereocenters. The van der Waals surface area contributed by atoms with E-state index in [0.717, 1.165) is 21.8 Å². The van der Waals surface area contributed by atoms with E-state index in [4.69, 9.17) is 9.47 Å². The van der Waals surface area contributed by atoms with Crippen molar-refractivity contribution in [3.05, 3.63) is 59.9 Å². The number of pyridine rings is 1. The molecular weight excluding hydrogens is 408 g/mol. The maximum Gasteiger partial charge on any atom is 0.270 e. The number of carbonyl (C=O) groups is 2. The predicted molar refractivity (Wildman–Crippen MR) is 123 cm³/mol. The van der Waals surface area contributed by atoms with Crippen LogP contribution in [0.5, 0.6) is 11.5 Å². The summed E-state index contributed by atoms with van der Waals surface area (Å²) in [6.07, 6.45) is 0. The van der Waals surface area contributed by atoms with Gasteiger partial charge < -0.3 is 25.1 Å². The van der Waals surface area contributed by atoms with Crippen molar-refractivity contribution in [1.29, 1.82) is 0 Å². The Hall–Kier alpha value is -4.07. The number of para-hydroxylation sites is 1. The van der Waals surface area contributed by atoms with Crippen LogP contribution in [0.4, 0.5) is 5.69 Å². The number of fused-ring (bicyclic) bond motifs is 3. The summed E-state index contributed by atoms with van der Waals surface area (Å²) < 4.78 is 10.5. The van der Waals surface area contributed by atoms with Crippen molar-refractivity contribution in [1.82, 2.24) is 15.3 Å². The molecule has 2 amide bonds. The van der Waals surface area contributed by atoms with E-state index in [2.05, 4.69) is 20.6 Å². The molecule has 2 heterocycles. The number of hydrogen-bond donors (Lipinski definition) is 3. The number of H-pyrrole nitrogens is 1. The van der Waals surface area contributed by atoms with Crippen LogP contribution in [0.2, 0.25) is 0 Å².